The van der Waals surface area contributed by atoms with Crippen LogP contribution in [0.5, 0.6) is 11.8 Å². The maximum atomic E-state index is 12.4. The van der Waals surface area contributed by atoms with Crippen molar-refractivity contribution < 1.29 is 4.74 Å². The Labute approximate surface area is 145 Å². The number of imidazole rings is 1. The number of nitrogens with zero attached hydrogens (tertiary/aromatic N) is 4. The van der Waals surface area contributed by atoms with Crippen molar-refractivity contribution in [3.8, 4) is 11.8 Å². The summed E-state index contributed by atoms with van der Waals surface area (Å²) in [7, 11) is 4.72. The topological polar surface area (TPSA) is 71.1 Å². The van der Waals surface area contributed by atoms with Crippen molar-refractivity contribution >= 4 is 11.2 Å². The summed E-state index contributed by atoms with van der Waals surface area (Å²) in [5.41, 5.74) is 1.06. The van der Waals surface area contributed by atoms with Crippen molar-refractivity contribution in [2.75, 3.05) is 0 Å². The molecule has 3 aromatic rings. The molecule has 3 rings (SSSR count). The highest BCUT2D eigenvalue weighted by Crippen LogP contribution is 2.27. The molecule has 0 aliphatic heterocycles. The second kappa shape index (κ2) is 5.61. The molecule has 0 amide bonds. The number of benzene rings is 1. The Hall–Kier alpha value is -2.83. The Kier molecular flexibility index (Phi) is 3.82. The van der Waals surface area contributed by atoms with E-state index in [1.54, 1.807) is 18.7 Å². The van der Waals surface area contributed by atoms with E-state index in [1.165, 1.54) is 17.2 Å². The lowest BCUT2D eigenvalue weighted by Crippen LogP contribution is -2.37. The van der Waals surface area contributed by atoms with Crippen molar-refractivity contribution in [2.45, 2.75) is 26.2 Å². The Morgan fingerprint density at radius 2 is 1.52 bits per heavy atom. The molecule has 0 N–H and O–H groups in total. The van der Waals surface area contributed by atoms with Crippen LogP contribution in [0.15, 0.2) is 33.9 Å². The van der Waals surface area contributed by atoms with Gasteiger partial charge in [0.25, 0.3) is 5.56 Å². The fourth-order valence-electron chi connectivity index (χ4n) is 2.72. The number of aromatic nitrogens is 4. The van der Waals surface area contributed by atoms with Gasteiger partial charge in [0.2, 0.25) is 0 Å². The predicted molar refractivity (Wildman–Crippen MR) is 96.4 cm³/mol. The van der Waals surface area contributed by atoms with Crippen LogP contribution in [0.25, 0.3) is 11.2 Å². The number of hydrogen-bond donors (Lipinski definition) is 0. The summed E-state index contributed by atoms with van der Waals surface area (Å²) in [6, 6.07) is 8.02. The molecule has 0 saturated heterocycles. The quantitative estimate of drug-likeness (QED) is 0.715. The maximum absolute atomic E-state index is 12.4. The summed E-state index contributed by atoms with van der Waals surface area (Å²) in [6.45, 7) is 6.43. The lowest BCUT2D eigenvalue weighted by molar-refractivity contribution is 0.427. The highest BCUT2D eigenvalue weighted by Gasteiger charge is 2.19. The van der Waals surface area contributed by atoms with Crippen molar-refractivity contribution in [1.29, 1.82) is 0 Å². The van der Waals surface area contributed by atoms with Gasteiger partial charge in [0.15, 0.2) is 11.2 Å². The second-order valence-corrected chi connectivity index (χ2v) is 7.21. The minimum Gasteiger partial charge on any atom is -0.425 e. The van der Waals surface area contributed by atoms with Gasteiger partial charge in [0, 0.05) is 21.1 Å². The van der Waals surface area contributed by atoms with Gasteiger partial charge in [-0.15, -0.1) is 0 Å². The predicted octanol–water partition coefficient (Wildman–Crippen LogP) is 2.06. The number of fused-ring (bicyclic) bond motifs is 1. The molecule has 0 fully saturated rings. The molecule has 0 radical (unpaired) electrons. The maximum Gasteiger partial charge on any atom is 0.332 e. The number of rotatable bonds is 2. The molecule has 0 unspecified atom stereocenters. The SMILES string of the molecule is Cn1c(=O)c2c(nc(Oc3ccc(C(C)(C)C)cc3)n2C)n(C)c1=O. The van der Waals surface area contributed by atoms with E-state index in [0.29, 0.717) is 16.9 Å². The van der Waals surface area contributed by atoms with Crippen LogP contribution in [0.2, 0.25) is 0 Å². The van der Waals surface area contributed by atoms with Crippen molar-refractivity contribution in [3.05, 3.63) is 50.7 Å². The van der Waals surface area contributed by atoms with E-state index in [-0.39, 0.29) is 11.4 Å². The van der Waals surface area contributed by atoms with Gasteiger partial charge in [-0.3, -0.25) is 18.5 Å². The molecular formula is C18H22N4O3. The minimum absolute atomic E-state index is 0.0565. The van der Waals surface area contributed by atoms with E-state index < -0.39 is 11.2 Å². The van der Waals surface area contributed by atoms with E-state index in [9.17, 15) is 9.59 Å². The van der Waals surface area contributed by atoms with Crippen LogP contribution in [0.4, 0.5) is 0 Å². The smallest absolute Gasteiger partial charge is 0.332 e. The molecule has 2 aromatic heterocycles. The van der Waals surface area contributed by atoms with Gasteiger partial charge in [0.05, 0.1) is 0 Å². The molecular weight excluding hydrogens is 320 g/mol. The summed E-state index contributed by atoms with van der Waals surface area (Å²) >= 11 is 0. The lowest BCUT2D eigenvalue weighted by atomic mass is 9.87. The first-order chi connectivity index (χ1) is 11.6. The average Bonchev–Trinajstić information content (AvgIpc) is 2.87. The fourth-order valence-corrected chi connectivity index (χ4v) is 2.72. The highest BCUT2D eigenvalue weighted by molar-refractivity contribution is 5.71. The molecule has 7 nitrogen and oxygen atoms in total. The van der Waals surface area contributed by atoms with Crippen LogP contribution in [-0.4, -0.2) is 18.7 Å². The first-order valence-electron chi connectivity index (χ1n) is 8.02. The van der Waals surface area contributed by atoms with E-state index in [0.717, 1.165) is 4.57 Å². The monoisotopic (exact) mass is 342 g/mol. The third-order valence-corrected chi connectivity index (χ3v) is 4.36. The summed E-state index contributed by atoms with van der Waals surface area (Å²) in [4.78, 5) is 28.8. The second-order valence-electron chi connectivity index (χ2n) is 7.21. The van der Waals surface area contributed by atoms with Gasteiger partial charge >= 0.3 is 11.7 Å². The molecule has 132 valence electrons. The molecule has 0 bridgehead atoms. The average molecular weight is 342 g/mol. The molecule has 0 saturated carbocycles. The first kappa shape index (κ1) is 17.0. The highest BCUT2D eigenvalue weighted by atomic mass is 16.5. The summed E-state index contributed by atoms with van der Waals surface area (Å²) in [5, 5.41) is 0. The molecule has 7 heteroatoms. The zero-order valence-corrected chi connectivity index (χ0v) is 15.3. The Balaban J connectivity index is 2.07. The fraction of sp³-hybridized carbons (Fsp3) is 0.389. The standard InChI is InChI=1S/C18H22N4O3/c1-18(2,3)11-7-9-12(10-8-11)25-16-19-14-13(20(16)4)15(23)22(6)17(24)21(14)5/h7-10H,1-6H3. The molecule has 25 heavy (non-hydrogen) atoms. The zero-order valence-electron chi connectivity index (χ0n) is 15.3. The Morgan fingerprint density at radius 3 is 2.08 bits per heavy atom. The zero-order chi connectivity index (χ0) is 18.5. The van der Waals surface area contributed by atoms with Crippen LogP contribution < -0.4 is 16.0 Å². The van der Waals surface area contributed by atoms with Crippen molar-refractivity contribution in [2.24, 2.45) is 21.1 Å². The lowest BCUT2D eigenvalue weighted by Gasteiger charge is -2.19. The largest absolute Gasteiger partial charge is 0.425 e. The van der Waals surface area contributed by atoms with Gasteiger partial charge in [-0.1, -0.05) is 32.9 Å². The molecule has 0 aliphatic carbocycles. The Morgan fingerprint density at radius 1 is 0.920 bits per heavy atom. The van der Waals surface area contributed by atoms with Gasteiger partial charge < -0.3 is 4.74 Å². The summed E-state index contributed by atoms with van der Waals surface area (Å²) in [5.74, 6) is 0.619. The van der Waals surface area contributed by atoms with Crippen LogP contribution in [0, 0.1) is 0 Å². The van der Waals surface area contributed by atoms with Gasteiger partial charge in [-0.25, -0.2) is 4.79 Å². The van der Waals surface area contributed by atoms with Crippen molar-refractivity contribution in [1.82, 2.24) is 18.7 Å². The summed E-state index contributed by atoms with van der Waals surface area (Å²) < 4.78 is 9.81. The molecule has 1 aromatic carbocycles. The van der Waals surface area contributed by atoms with Crippen molar-refractivity contribution in [3.63, 3.8) is 0 Å². The number of hydrogen-bond acceptors (Lipinski definition) is 4. The van der Waals surface area contributed by atoms with Crippen LogP contribution >= 0.6 is 0 Å². The number of ether oxygens (including phenoxy) is 1. The molecule has 0 atom stereocenters. The first-order valence-corrected chi connectivity index (χ1v) is 8.02. The van der Waals surface area contributed by atoms with E-state index >= 15 is 0 Å². The van der Waals surface area contributed by atoms with Gasteiger partial charge in [-0.2, -0.15) is 4.98 Å². The third-order valence-electron chi connectivity index (χ3n) is 4.36. The van der Waals surface area contributed by atoms with Crippen LogP contribution in [0.3, 0.4) is 0 Å². The molecule has 0 spiro atoms. The van der Waals surface area contributed by atoms with Gasteiger partial charge in [-0.05, 0) is 23.1 Å². The van der Waals surface area contributed by atoms with E-state index in [1.807, 2.05) is 24.3 Å². The van der Waals surface area contributed by atoms with Crippen LogP contribution in [-0.2, 0) is 26.6 Å². The summed E-state index contributed by atoms with van der Waals surface area (Å²) in [6.07, 6.45) is 0. The normalized spacial score (nSPS) is 11.9. The van der Waals surface area contributed by atoms with Gasteiger partial charge in [0.1, 0.15) is 5.75 Å². The van der Waals surface area contributed by atoms with E-state index in [2.05, 4.69) is 25.8 Å². The molecule has 2 heterocycles. The Bertz CT molecular complexity index is 1060. The third kappa shape index (κ3) is 2.75. The molecule has 0 aliphatic rings. The van der Waals surface area contributed by atoms with E-state index in [4.69, 9.17) is 4.74 Å². The van der Waals surface area contributed by atoms with Crippen LogP contribution in [0.1, 0.15) is 26.3 Å². The number of aryl methyl sites for hydroxylation is 2. The minimum atomic E-state index is -0.420.